The second-order valence-corrected chi connectivity index (χ2v) is 5.60. The molecule has 0 N–H and O–H groups in total. The lowest BCUT2D eigenvalue weighted by Crippen LogP contribution is -2.47. The molecule has 0 saturated carbocycles. The number of rotatable bonds is 4. The van der Waals surface area contributed by atoms with Crippen molar-refractivity contribution in [1.82, 2.24) is 14.8 Å². The fraction of sp³-hybridized carbons (Fsp3) is 0.615. The zero-order chi connectivity index (χ0) is 15.4. The van der Waals surface area contributed by atoms with Crippen LogP contribution in [0.25, 0.3) is 0 Å². The van der Waals surface area contributed by atoms with Gasteiger partial charge in [-0.2, -0.15) is 0 Å². The molecule has 0 aliphatic carbocycles. The first-order valence-electron chi connectivity index (χ1n) is 6.29. The molecular weight excluding hydrogens is 278 g/mol. The Kier molecular flexibility index (Phi) is 5.50. The van der Waals surface area contributed by atoms with Crippen LogP contribution in [0.3, 0.4) is 0 Å². The van der Waals surface area contributed by atoms with Gasteiger partial charge in [0.1, 0.15) is 11.0 Å². The zero-order valence-corrected chi connectivity index (χ0v) is 13.5. The highest BCUT2D eigenvalue weighted by Gasteiger charge is 2.29. The van der Waals surface area contributed by atoms with Crippen molar-refractivity contribution in [3.8, 4) is 0 Å². The molecule has 0 radical (unpaired) electrons. The van der Waals surface area contributed by atoms with Gasteiger partial charge in [-0.25, -0.2) is 9.78 Å². The quantitative estimate of drug-likeness (QED) is 0.853. The van der Waals surface area contributed by atoms with E-state index in [1.807, 2.05) is 19.2 Å². The molecule has 7 heteroatoms. The van der Waals surface area contributed by atoms with Crippen LogP contribution in [0.5, 0.6) is 0 Å². The van der Waals surface area contributed by atoms with Crippen molar-refractivity contribution < 1.29 is 14.3 Å². The van der Waals surface area contributed by atoms with Crippen LogP contribution in [0.15, 0.2) is 5.38 Å². The van der Waals surface area contributed by atoms with Crippen molar-refractivity contribution in [2.75, 3.05) is 21.2 Å². The molecule has 1 aromatic heterocycles. The maximum Gasteiger partial charge on any atom is 0.409 e. The third kappa shape index (κ3) is 3.47. The summed E-state index contributed by atoms with van der Waals surface area (Å²) in [5, 5.41) is 2.83. The van der Waals surface area contributed by atoms with Crippen molar-refractivity contribution in [1.29, 1.82) is 0 Å². The molecule has 0 aliphatic heterocycles. The Morgan fingerprint density at radius 3 is 2.35 bits per heavy atom. The van der Waals surface area contributed by atoms with E-state index in [4.69, 9.17) is 0 Å². The van der Waals surface area contributed by atoms with Crippen LogP contribution in [0.4, 0.5) is 4.79 Å². The third-order valence-corrected chi connectivity index (χ3v) is 4.46. The van der Waals surface area contributed by atoms with Crippen molar-refractivity contribution in [3.05, 3.63) is 16.1 Å². The fourth-order valence-electron chi connectivity index (χ4n) is 1.68. The van der Waals surface area contributed by atoms with E-state index in [1.165, 1.54) is 23.3 Å². The van der Waals surface area contributed by atoms with E-state index < -0.39 is 12.1 Å². The highest BCUT2D eigenvalue weighted by molar-refractivity contribution is 7.09. The molecule has 0 bridgehead atoms. The van der Waals surface area contributed by atoms with Gasteiger partial charge < -0.3 is 9.64 Å². The van der Waals surface area contributed by atoms with Crippen LogP contribution in [-0.2, 0) is 9.53 Å². The van der Waals surface area contributed by atoms with Gasteiger partial charge in [0.15, 0.2) is 0 Å². The summed E-state index contributed by atoms with van der Waals surface area (Å²) in [5.74, 6) is -0.154. The summed E-state index contributed by atoms with van der Waals surface area (Å²) in [7, 11) is 4.55. The van der Waals surface area contributed by atoms with Gasteiger partial charge in [-0.05, 0) is 20.8 Å². The molecular formula is C13H21N3O3S. The molecule has 20 heavy (non-hydrogen) atoms. The third-order valence-electron chi connectivity index (χ3n) is 3.32. The monoisotopic (exact) mass is 299 g/mol. The summed E-state index contributed by atoms with van der Waals surface area (Å²) in [4.78, 5) is 31.1. The lowest BCUT2D eigenvalue weighted by atomic mass is 10.2. The summed E-state index contributed by atoms with van der Waals surface area (Å²) >= 11 is 1.52. The van der Waals surface area contributed by atoms with E-state index in [9.17, 15) is 9.59 Å². The van der Waals surface area contributed by atoms with E-state index in [0.717, 1.165) is 10.7 Å². The number of carbonyl (C=O) groups excluding carboxylic acids is 2. The number of amides is 2. The summed E-state index contributed by atoms with van der Waals surface area (Å²) < 4.78 is 4.62. The molecule has 2 amide bonds. The average Bonchev–Trinajstić information content (AvgIpc) is 2.88. The number of ether oxygens (including phenoxy) is 1. The minimum Gasteiger partial charge on any atom is -0.453 e. The molecule has 0 fully saturated rings. The van der Waals surface area contributed by atoms with E-state index in [-0.39, 0.29) is 11.9 Å². The Hall–Kier alpha value is -1.63. The molecule has 0 unspecified atom stereocenters. The Labute approximate surface area is 123 Å². The molecule has 6 nitrogen and oxygen atoms in total. The van der Waals surface area contributed by atoms with E-state index in [1.54, 1.807) is 25.9 Å². The second-order valence-electron chi connectivity index (χ2n) is 4.71. The largest absolute Gasteiger partial charge is 0.453 e. The van der Waals surface area contributed by atoms with E-state index >= 15 is 0 Å². The number of methoxy groups -OCH3 is 1. The van der Waals surface area contributed by atoms with Crippen LogP contribution < -0.4 is 0 Å². The summed E-state index contributed by atoms with van der Waals surface area (Å²) in [6.45, 7) is 5.51. The number of hydrogen-bond donors (Lipinski definition) is 0. The van der Waals surface area contributed by atoms with Crippen molar-refractivity contribution in [3.63, 3.8) is 0 Å². The standard InChI is InChI=1S/C13H21N3O3S/c1-8-7-20-11(14-8)9(2)15(4)12(17)10(3)16(5)13(18)19-6/h7,9-10H,1-6H3/t9-,10-/m0/s1. The number of thiazole rings is 1. The maximum atomic E-state index is 12.4. The maximum absolute atomic E-state index is 12.4. The highest BCUT2D eigenvalue weighted by atomic mass is 32.1. The normalized spacial score (nSPS) is 13.5. The van der Waals surface area contributed by atoms with Crippen LogP contribution in [0.1, 0.15) is 30.6 Å². The fourth-order valence-corrected chi connectivity index (χ4v) is 2.58. The Balaban J connectivity index is 2.78. The van der Waals surface area contributed by atoms with Crippen molar-refractivity contribution in [2.24, 2.45) is 0 Å². The van der Waals surface area contributed by atoms with Gasteiger partial charge in [-0.15, -0.1) is 11.3 Å². The number of hydrogen-bond acceptors (Lipinski definition) is 5. The minimum absolute atomic E-state index is 0.130. The second kappa shape index (κ2) is 6.69. The Morgan fingerprint density at radius 1 is 1.30 bits per heavy atom. The van der Waals surface area contributed by atoms with Gasteiger partial charge in [0.2, 0.25) is 5.91 Å². The topological polar surface area (TPSA) is 62.7 Å². The molecule has 1 heterocycles. The smallest absolute Gasteiger partial charge is 0.409 e. The molecule has 0 aromatic carbocycles. The number of likely N-dealkylation sites (N-methyl/N-ethyl adjacent to an activating group) is 2. The first kappa shape index (κ1) is 16.4. The van der Waals surface area contributed by atoms with Crippen LogP contribution in [0, 0.1) is 6.92 Å². The first-order chi connectivity index (χ1) is 9.29. The highest BCUT2D eigenvalue weighted by Crippen LogP contribution is 2.23. The number of carbonyl (C=O) groups is 2. The Bertz CT molecular complexity index is 489. The number of nitrogens with zero attached hydrogens (tertiary/aromatic N) is 3. The molecule has 0 saturated heterocycles. The predicted octanol–water partition coefficient (Wildman–Crippen LogP) is 2.06. The van der Waals surface area contributed by atoms with Gasteiger partial charge in [0.25, 0.3) is 0 Å². The SMILES string of the molecule is COC(=O)N(C)[C@@H](C)C(=O)N(C)[C@@H](C)c1nc(C)cs1. The molecule has 1 rings (SSSR count). The van der Waals surface area contributed by atoms with Crippen LogP contribution >= 0.6 is 11.3 Å². The number of aryl methyl sites for hydroxylation is 1. The molecule has 2 atom stereocenters. The molecule has 112 valence electrons. The first-order valence-corrected chi connectivity index (χ1v) is 7.17. The lowest BCUT2D eigenvalue weighted by Gasteiger charge is -2.30. The molecule has 1 aromatic rings. The summed E-state index contributed by atoms with van der Waals surface area (Å²) in [6.07, 6.45) is -0.531. The van der Waals surface area contributed by atoms with E-state index in [2.05, 4.69) is 9.72 Å². The number of aromatic nitrogens is 1. The van der Waals surface area contributed by atoms with Crippen molar-refractivity contribution >= 4 is 23.3 Å². The van der Waals surface area contributed by atoms with Gasteiger partial charge in [0.05, 0.1) is 13.2 Å². The Morgan fingerprint density at radius 2 is 1.90 bits per heavy atom. The van der Waals surface area contributed by atoms with Gasteiger partial charge in [-0.1, -0.05) is 0 Å². The van der Waals surface area contributed by atoms with Gasteiger partial charge in [-0.3, -0.25) is 9.69 Å². The summed E-state index contributed by atoms with van der Waals surface area (Å²) in [5.41, 5.74) is 0.942. The summed E-state index contributed by atoms with van der Waals surface area (Å²) in [6, 6.07) is -0.717. The van der Waals surface area contributed by atoms with E-state index in [0.29, 0.717) is 0 Å². The van der Waals surface area contributed by atoms with Crippen LogP contribution in [0.2, 0.25) is 0 Å². The molecule has 0 spiro atoms. The average molecular weight is 299 g/mol. The van der Waals surface area contributed by atoms with Gasteiger partial charge >= 0.3 is 6.09 Å². The van der Waals surface area contributed by atoms with Crippen molar-refractivity contribution in [2.45, 2.75) is 32.9 Å². The minimum atomic E-state index is -0.587. The predicted molar refractivity (Wildman–Crippen MR) is 77.7 cm³/mol. The van der Waals surface area contributed by atoms with Crippen LogP contribution in [-0.4, -0.2) is 54.0 Å². The zero-order valence-electron chi connectivity index (χ0n) is 12.7. The van der Waals surface area contributed by atoms with Gasteiger partial charge in [0, 0.05) is 25.2 Å². The lowest BCUT2D eigenvalue weighted by molar-refractivity contribution is -0.136. The molecule has 0 aliphatic rings.